The van der Waals surface area contributed by atoms with E-state index in [9.17, 15) is 4.79 Å². The lowest BCUT2D eigenvalue weighted by Gasteiger charge is -2.31. The highest BCUT2D eigenvalue weighted by Crippen LogP contribution is 2.27. The minimum absolute atomic E-state index is 0.0432. The molecule has 0 aliphatic carbocycles. The summed E-state index contributed by atoms with van der Waals surface area (Å²) in [7, 11) is 1.81. The Bertz CT molecular complexity index is 934. The summed E-state index contributed by atoms with van der Waals surface area (Å²) in [5.74, 6) is 1.20. The number of rotatable bonds is 2. The molecule has 4 rings (SSSR count). The Morgan fingerprint density at radius 2 is 1.84 bits per heavy atom. The molecule has 1 aliphatic rings. The summed E-state index contributed by atoms with van der Waals surface area (Å²) in [6, 6.07) is 5.71. The van der Waals surface area contributed by atoms with E-state index in [1.54, 1.807) is 4.68 Å². The van der Waals surface area contributed by atoms with Gasteiger partial charge in [0.1, 0.15) is 5.69 Å². The predicted octanol–water partition coefficient (Wildman–Crippen LogP) is 1.49. The Labute approximate surface area is 145 Å². The molecular weight excluding hydrogens is 318 g/mol. The van der Waals surface area contributed by atoms with Gasteiger partial charge >= 0.3 is 0 Å². The minimum atomic E-state index is 0.0432. The molecule has 0 atom stereocenters. The van der Waals surface area contributed by atoms with E-state index in [2.05, 4.69) is 20.4 Å². The molecule has 3 aromatic rings. The van der Waals surface area contributed by atoms with Crippen LogP contribution in [0.15, 0.2) is 18.2 Å². The number of hydrogen-bond acceptors (Lipinski definition) is 5. The molecule has 0 N–H and O–H groups in total. The van der Waals surface area contributed by atoms with Gasteiger partial charge in [-0.15, -0.1) is 10.2 Å². The second kappa shape index (κ2) is 5.94. The monoisotopic (exact) mass is 339 g/mol. The van der Waals surface area contributed by atoms with Crippen LogP contribution in [-0.4, -0.2) is 53.5 Å². The first-order valence-electron chi connectivity index (χ1n) is 8.52. The Kier molecular flexibility index (Phi) is 3.74. The maximum Gasteiger partial charge on any atom is 0.272 e. The van der Waals surface area contributed by atoms with Gasteiger partial charge in [0.05, 0.1) is 11.4 Å². The third-order valence-electron chi connectivity index (χ3n) is 4.79. The zero-order valence-electron chi connectivity index (χ0n) is 14.7. The molecule has 0 aromatic carbocycles. The van der Waals surface area contributed by atoms with Crippen molar-refractivity contribution in [1.82, 2.24) is 34.5 Å². The zero-order valence-corrected chi connectivity index (χ0v) is 14.7. The predicted molar refractivity (Wildman–Crippen MR) is 91.3 cm³/mol. The van der Waals surface area contributed by atoms with Crippen LogP contribution >= 0.6 is 0 Å². The number of aryl methyl sites for hydroxylation is 3. The van der Waals surface area contributed by atoms with Gasteiger partial charge in [-0.05, 0) is 44.9 Å². The molecule has 1 amide bonds. The van der Waals surface area contributed by atoms with Crippen molar-refractivity contribution in [3.05, 3.63) is 41.1 Å². The fourth-order valence-electron chi connectivity index (χ4n) is 3.47. The number of carbonyl (C=O) groups excluding carboxylic acids is 1. The van der Waals surface area contributed by atoms with E-state index in [1.807, 2.05) is 48.5 Å². The van der Waals surface area contributed by atoms with Crippen LogP contribution < -0.4 is 0 Å². The number of amides is 1. The Morgan fingerprint density at radius 1 is 1.08 bits per heavy atom. The first-order chi connectivity index (χ1) is 12.0. The fraction of sp³-hybridized carbons (Fsp3) is 0.471. The van der Waals surface area contributed by atoms with Crippen molar-refractivity contribution in [3.63, 3.8) is 0 Å². The van der Waals surface area contributed by atoms with Gasteiger partial charge in [-0.2, -0.15) is 14.7 Å². The van der Waals surface area contributed by atoms with Crippen LogP contribution in [0.2, 0.25) is 0 Å². The largest absolute Gasteiger partial charge is 0.337 e. The quantitative estimate of drug-likeness (QED) is 0.707. The van der Waals surface area contributed by atoms with Crippen LogP contribution in [0.4, 0.5) is 0 Å². The molecule has 25 heavy (non-hydrogen) atoms. The topological polar surface area (TPSA) is 81.2 Å². The molecule has 0 unspecified atom stereocenters. The molecule has 1 fully saturated rings. The summed E-state index contributed by atoms with van der Waals surface area (Å²) in [5, 5.41) is 17.3. The van der Waals surface area contributed by atoms with Crippen molar-refractivity contribution in [2.24, 2.45) is 7.05 Å². The number of piperidine rings is 1. The van der Waals surface area contributed by atoms with Crippen molar-refractivity contribution in [1.29, 1.82) is 0 Å². The summed E-state index contributed by atoms with van der Waals surface area (Å²) < 4.78 is 3.49. The van der Waals surface area contributed by atoms with E-state index in [0.717, 1.165) is 35.7 Å². The molecular formula is C17H21N7O. The number of aromatic nitrogens is 6. The molecule has 0 spiro atoms. The second-order valence-electron chi connectivity index (χ2n) is 6.66. The molecule has 0 bridgehead atoms. The second-order valence-corrected chi connectivity index (χ2v) is 6.66. The van der Waals surface area contributed by atoms with E-state index >= 15 is 0 Å². The fourth-order valence-corrected chi connectivity index (χ4v) is 3.47. The molecule has 3 aromatic heterocycles. The summed E-state index contributed by atoms with van der Waals surface area (Å²) in [6.07, 6.45) is 1.72. The average molecular weight is 339 g/mol. The average Bonchev–Trinajstić information content (AvgIpc) is 3.16. The summed E-state index contributed by atoms with van der Waals surface area (Å²) in [5.41, 5.74) is 3.20. The van der Waals surface area contributed by atoms with E-state index < -0.39 is 0 Å². The van der Waals surface area contributed by atoms with Crippen molar-refractivity contribution in [2.45, 2.75) is 32.6 Å². The zero-order chi connectivity index (χ0) is 17.6. The molecule has 1 aliphatic heterocycles. The van der Waals surface area contributed by atoms with Gasteiger partial charge < -0.3 is 4.90 Å². The van der Waals surface area contributed by atoms with Gasteiger partial charge in [0, 0.05) is 26.1 Å². The number of nitrogens with zero attached hydrogens (tertiary/aromatic N) is 7. The van der Waals surface area contributed by atoms with E-state index in [4.69, 9.17) is 0 Å². The smallest absolute Gasteiger partial charge is 0.272 e. The van der Waals surface area contributed by atoms with Gasteiger partial charge in [-0.25, -0.2) is 0 Å². The lowest BCUT2D eigenvalue weighted by atomic mass is 9.96. The van der Waals surface area contributed by atoms with Crippen LogP contribution in [-0.2, 0) is 7.05 Å². The maximum atomic E-state index is 12.7. The molecule has 0 saturated carbocycles. The lowest BCUT2D eigenvalue weighted by molar-refractivity contribution is 0.0699. The first kappa shape index (κ1) is 15.7. The van der Waals surface area contributed by atoms with Crippen LogP contribution in [0.5, 0.6) is 0 Å². The Morgan fingerprint density at radius 3 is 2.52 bits per heavy atom. The van der Waals surface area contributed by atoms with Gasteiger partial charge in [-0.3, -0.25) is 9.48 Å². The van der Waals surface area contributed by atoms with Crippen LogP contribution in [0.1, 0.15) is 46.5 Å². The van der Waals surface area contributed by atoms with Gasteiger partial charge in [0.2, 0.25) is 0 Å². The molecule has 8 nitrogen and oxygen atoms in total. The van der Waals surface area contributed by atoms with Crippen LogP contribution in [0.25, 0.3) is 5.65 Å². The molecule has 1 saturated heterocycles. The van der Waals surface area contributed by atoms with Gasteiger partial charge in [0.25, 0.3) is 5.91 Å². The third kappa shape index (κ3) is 2.77. The molecule has 8 heteroatoms. The summed E-state index contributed by atoms with van der Waals surface area (Å²) in [6.45, 7) is 5.26. The van der Waals surface area contributed by atoms with Crippen molar-refractivity contribution in [3.8, 4) is 0 Å². The number of hydrogen-bond donors (Lipinski definition) is 0. The molecule has 130 valence electrons. The summed E-state index contributed by atoms with van der Waals surface area (Å²) >= 11 is 0. The Hall–Kier alpha value is -2.77. The minimum Gasteiger partial charge on any atom is -0.337 e. The highest BCUT2D eigenvalue weighted by molar-refractivity contribution is 5.92. The molecule has 0 radical (unpaired) electrons. The van der Waals surface area contributed by atoms with E-state index in [1.165, 1.54) is 0 Å². The number of fused-ring (bicyclic) bond motifs is 1. The maximum absolute atomic E-state index is 12.7. The van der Waals surface area contributed by atoms with Crippen LogP contribution in [0.3, 0.4) is 0 Å². The van der Waals surface area contributed by atoms with E-state index in [0.29, 0.717) is 18.8 Å². The molecule has 4 heterocycles. The van der Waals surface area contributed by atoms with Crippen molar-refractivity contribution >= 4 is 11.6 Å². The van der Waals surface area contributed by atoms with Crippen molar-refractivity contribution < 1.29 is 4.79 Å². The van der Waals surface area contributed by atoms with Crippen molar-refractivity contribution in [2.75, 3.05) is 13.1 Å². The van der Waals surface area contributed by atoms with Gasteiger partial charge in [-0.1, -0.05) is 0 Å². The first-order valence-corrected chi connectivity index (χ1v) is 8.52. The van der Waals surface area contributed by atoms with Crippen LogP contribution in [0, 0.1) is 13.8 Å². The SMILES string of the molecule is Cc1cc(C(=O)N2CCC(c3nnc4ccc(C)nn34)CC2)n(C)n1. The lowest BCUT2D eigenvalue weighted by Crippen LogP contribution is -2.39. The van der Waals surface area contributed by atoms with E-state index in [-0.39, 0.29) is 11.8 Å². The normalized spacial score (nSPS) is 15.9. The highest BCUT2D eigenvalue weighted by Gasteiger charge is 2.29. The third-order valence-corrected chi connectivity index (χ3v) is 4.79. The van der Waals surface area contributed by atoms with Gasteiger partial charge in [0.15, 0.2) is 11.5 Å². The summed E-state index contributed by atoms with van der Waals surface area (Å²) in [4.78, 5) is 14.6. The number of carbonyl (C=O) groups is 1. The number of likely N-dealkylation sites (tertiary alicyclic amines) is 1. The standard InChI is InChI=1S/C17H21N7O/c1-11-4-5-15-18-19-16(24(15)21-11)13-6-8-23(9-7-13)17(25)14-10-12(2)20-22(14)3/h4-5,10,13H,6-9H2,1-3H3. The Balaban J connectivity index is 1.50. The highest BCUT2D eigenvalue weighted by atomic mass is 16.2.